The lowest BCUT2D eigenvalue weighted by atomic mass is 10.1. The van der Waals surface area contributed by atoms with E-state index in [1.54, 1.807) is 22.7 Å². The molecule has 108 valence electrons. The van der Waals surface area contributed by atoms with Gasteiger partial charge in [0.25, 0.3) is 0 Å². The first kappa shape index (κ1) is 14.8. The van der Waals surface area contributed by atoms with Gasteiger partial charge in [-0.15, -0.1) is 22.7 Å². The second-order valence-electron chi connectivity index (χ2n) is 4.83. The van der Waals surface area contributed by atoms with Crippen LogP contribution in [0.15, 0.2) is 45.6 Å². The van der Waals surface area contributed by atoms with Crippen molar-refractivity contribution >= 4 is 44.3 Å². The van der Waals surface area contributed by atoms with Crippen LogP contribution in [0.2, 0.25) is 0 Å². The predicted molar refractivity (Wildman–Crippen MR) is 96.3 cm³/mol. The van der Waals surface area contributed by atoms with Crippen LogP contribution in [0.5, 0.6) is 0 Å². The van der Waals surface area contributed by atoms with Crippen molar-refractivity contribution < 1.29 is 0 Å². The smallest absolute Gasteiger partial charge is 0.0901 e. The number of hydrogen-bond acceptors (Lipinski definition) is 4. The molecule has 21 heavy (non-hydrogen) atoms. The zero-order chi connectivity index (χ0) is 14.8. The summed E-state index contributed by atoms with van der Waals surface area (Å²) in [4.78, 5) is 5.86. The molecule has 0 bridgehead atoms. The van der Waals surface area contributed by atoms with Crippen LogP contribution in [0.4, 0.5) is 5.69 Å². The molecule has 2 nitrogen and oxygen atoms in total. The van der Waals surface area contributed by atoms with Gasteiger partial charge in [-0.2, -0.15) is 0 Å². The highest BCUT2D eigenvalue weighted by Gasteiger charge is 2.11. The van der Waals surface area contributed by atoms with Gasteiger partial charge in [-0.1, -0.05) is 12.1 Å². The first-order chi connectivity index (χ1) is 10.1. The summed E-state index contributed by atoms with van der Waals surface area (Å²) in [7, 11) is 0. The Morgan fingerprint density at radius 2 is 2.10 bits per heavy atom. The van der Waals surface area contributed by atoms with E-state index in [4.69, 9.17) is 0 Å². The van der Waals surface area contributed by atoms with E-state index in [0.717, 1.165) is 22.0 Å². The second kappa shape index (κ2) is 6.30. The number of aromatic nitrogens is 1. The van der Waals surface area contributed by atoms with Crippen LogP contribution in [0.25, 0.3) is 11.3 Å². The summed E-state index contributed by atoms with van der Waals surface area (Å²) in [6, 6.07) is 10.8. The molecule has 1 N–H and O–H groups in total. The fourth-order valence-corrected chi connectivity index (χ4v) is 4.54. The van der Waals surface area contributed by atoms with Crippen LogP contribution < -0.4 is 5.32 Å². The maximum atomic E-state index is 4.55. The molecule has 0 fully saturated rings. The van der Waals surface area contributed by atoms with Crippen LogP contribution in [0, 0.1) is 6.92 Å². The van der Waals surface area contributed by atoms with E-state index < -0.39 is 0 Å². The molecule has 0 aliphatic rings. The monoisotopic (exact) mass is 378 g/mol. The van der Waals surface area contributed by atoms with Gasteiger partial charge in [0.05, 0.1) is 16.7 Å². The zero-order valence-corrected chi connectivity index (χ0v) is 15.0. The minimum atomic E-state index is 0.270. The first-order valence-corrected chi connectivity index (χ1v) is 9.20. The van der Waals surface area contributed by atoms with Gasteiger partial charge in [0.15, 0.2) is 0 Å². The molecule has 0 amide bonds. The number of benzene rings is 1. The van der Waals surface area contributed by atoms with Gasteiger partial charge in [-0.3, -0.25) is 0 Å². The Kier molecular flexibility index (Phi) is 4.42. The molecule has 2 heterocycles. The summed E-state index contributed by atoms with van der Waals surface area (Å²) in [5.41, 5.74) is 3.32. The molecule has 2 aromatic heterocycles. The molecule has 0 radical (unpaired) electrons. The Morgan fingerprint density at radius 1 is 1.24 bits per heavy atom. The van der Waals surface area contributed by atoms with Gasteiger partial charge < -0.3 is 5.32 Å². The summed E-state index contributed by atoms with van der Waals surface area (Å²) in [5, 5.41) is 8.86. The van der Waals surface area contributed by atoms with Crippen molar-refractivity contribution in [3.8, 4) is 11.3 Å². The Bertz CT molecular complexity index is 748. The number of thiophene rings is 1. The van der Waals surface area contributed by atoms with E-state index >= 15 is 0 Å². The third-order valence-electron chi connectivity index (χ3n) is 3.20. The van der Waals surface area contributed by atoms with Crippen molar-refractivity contribution in [1.29, 1.82) is 0 Å². The molecular formula is C16H15BrN2S2. The Hall–Kier alpha value is -1.17. The third kappa shape index (κ3) is 3.36. The third-order valence-corrected chi connectivity index (χ3v) is 6.03. The highest BCUT2D eigenvalue weighted by molar-refractivity contribution is 9.10. The number of halogens is 1. The minimum absolute atomic E-state index is 0.270. The van der Waals surface area contributed by atoms with Gasteiger partial charge in [0, 0.05) is 26.0 Å². The lowest BCUT2D eigenvalue weighted by molar-refractivity contribution is 0.903. The van der Waals surface area contributed by atoms with Crippen LogP contribution in [-0.2, 0) is 0 Å². The number of thiazole rings is 1. The second-order valence-corrected chi connectivity index (χ2v) is 7.70. The number of rotatable bonds is 4. The average Bonchev–Trinajstić information content (AvgIpc) is 3.08. The molecule has 0 aliphatic carbocycles. The lowest BCUT2D eigenvalue weighted by Gasteiger charge is -2.15. The Morgan fingerprint density at radius 3 is 2.76 bits per heavy atom. The number of aryl methyl sites for hydroxylation is 1. The number of hydrogen-bond donors (Lipinski definition) is 1. The molecule has 1 atom stereocenters. The van der Waals surface area contributed by atoms with Crippen molar-refractivity contribution in [2.45, 2.75) is 19.9 Å². The number of anilines is 1. The molecule has 5 heteroatoms. The van der Waals surface area contributed by atoms with Gasteiger partial charge in [-0.25, -0.2) is 4.98 Å². The molecule has 0 aliphatic heterocycles. The Balaban J connectivity index is 1.82. The first-order valence-electron chi connectivity index (χ1n) is 6.65. The average molecular weight is 379 g/mol. The van der Waals surface area contributed by atoms with E-state index in [2.05, 4.69) is 74.2 Å². The van der Waals surface area contributed by atoms with E-state index in [1.165, 1.54) is 9.35 Å². The summed E-state index contributed by atoms with van der Waals surface area (Å²) in [6.07, 6.45) is 0. The SMILES string of the molecule is Cc1nc(-c2cccc(NC(C)c3sccc3Br)c2)cs1. The molecule has 3 aromatic rings. The van der Waals surface area contributed by atoms with Gasteiger partial charge >= 0.3 is 0 Å². The summed E-state index contributed by atoms with van der Waals surface area (Å²) < 4.78 is 1.17. The van der Waals surface area contributed by atoms with Crippen LogP contribution in [0.1, 0.15) is 22.9 Å². The van der Waals surface area contributed by atoms with Crippen LogP contribution in [-0.4, -0.2) is 4.98 Å². The maximum Gasteiger partial charge on any atom is 0.0901 e. The molecule has 3 rings (SSSR count). The van der Waals surface area contributed by atoms with Crippen molar-refractivity contribution in [3.05, 3.63) is 55.4 Å². The normalized spacial score (nSPS) is 12.3. The van der Waals surface area contributed by atoms with Crippen molar-refractivity contribution in [2.24, 2.45) is 0 Å². The highest BCUT2D eigenvalue weighted by atomic mass is 79.9. The van der Waals surface area contributed by atoms with Crippen LogP contribution >= 0.6 is 38.6 Å². The summed E-state index contributed by atoms with van der Waals surface area (Å²) >= 11 is 7.04. The molecule has 1 unspecified atom stereocenters. The molecule has 1 aromatic carbocycles. The van der Waals surface area contributed by atoms with Crippen molar-refractivity contribution in [1.82, 2.24) is 4.98 Å². The van der Waals surface area contributed by atoms with E-state index in [-0.39, 0.29) is 6.04 Å². The Labute approximate surface area is 141 Å². The standard InChI is InChI=1S/C16H15BrN2S2/c1-10(16-14(17)6-7-20-16)18-13-5-3-4-12(8-13)15-9-21-11(2)19-15/h3-10,18H,1-2H3. The fourth-order valence-electron chi connectivity index (χ4n) is 2.19. The topological polar surface area (TPSA) is 24.9 Å². The van der Waals surface area contributed by atoms with E-state index in [9.17, 15) is 0 Å². The number of nitrogens with one attached hydrogen (secondary N) is 1. The van der Waals surface area contributed by atoms with Gasteiger partial charge in [-0.05, 0) is 53.4 Å². The van der Waals surface area contributed by atoms with E-state index in [0.29, 0.717) is 0 Å². The van der Waals surface area contributed by atoms with E-state index in [1.807, 2.05) is 6.92 Å². The molecule has 0 saturated heterocycles. The summed E-state index contributed by atoms with van der Waals surface area (Å²) in [6.45, 7) is 4.21. The van der Waals surface area contributed by atoms with Crippen molar-refractivity contribution in [3.63, 3.8) is 0 Å². The molecule has 0 saturated carbocycles. The van der Waals surface area contributed by atoms with Crippen LogP contribution in [0.3, 0.4) is 0 Å². The van der Waals surface area contributed by atoms with Gasteiger partial charge in [0.2, 0.25) is 0 Å². The largest absolute Gasteiger partial charge is 0.378 e. The maximum absolute atomic E-state index is 4.55. The molecule has 0 spiro atoms. The predicted octanol–water partition coefficient (Wildman–Crippen LogP) is 6.12. The summed E-state index contributed by atoms with van der Waals surface area (Å²) in [5.74, 6) is 0. The lowest BCUT2D eigenvalue weighted by Crippen LogP contribution is -2.05. The quantitative estimate of drug-likeness (QED) is 0.591. The van der Waals surface area contributed by atoms with Crippen molar-refractivity contribution in [2.75, 3.05) is 5.32 Å². The van der Waals surface area contributed by atoms with Gasteiger partial charge in [0.1, 0.15) is 0 Å². The molecular weight excluding hydrogens is 364 g/mol. The number of nitrogens with zero attached hydrogens (tertiary/aromatic N) is 1. The highest BCUT2D eigenvalue weighted by Crippen LogP contribution is 2.32. The fraction of sp³-hybridized carbons (Fsp3) is 0.188. The zero-order valence-electron chi connectivity index (χ0n) is 11.8. The minimum Gasteiger partial charge on any atom is -0.378 e.